The zero-order valence-corrected chi connectivity index (χ0v) is 10.3. The number of hydrogen-bond acceptors (Lipinski definition) is 3. The van der Waals surface area contributed by atoms with Crippen molar-refractivity contribution >= 4 is 5.91 Å². The van der Waals surface area contributed by atoms with E-state index in [1.807, 2.05) is 14.1 Å². The van der Waals surface area contributed by atoms with E-state index >= 15 is 0 Å². The third kappa shape index (κ3) is 2.23. The number of rotatable bonds is 4. The van der Waals surface area contributed by atoms with Gasteiger partial charge in [0, 0.05) is 19.1 Å². The number of nitrogens with two attached hydrogens (primary N) is 1. The molecule has 4 atom stereocenters. The molecule has 2 bridgehead atoms. The number of carbonyl (C=O) groups is 1. The van der Waals surface area contributed by atoms with Crippen LogP contribution in [0, 0.1) is 17.8 Å². The summed E-state index contributed by atoms with van der Waals surface area (Å²) in [4.78, 5) is 14.1. The molecule has 0 aromatic rings. The monoisotopic (exact) mass is 225 g/mol. The molecule has 2 rings (SSSR count). The smallest absolute Gasteiger partial charge is 0.225 e. The van der Waals surface area contributed by atoms with Gasteiger partial charge in [-0.1, -0.05) is 0 Å². The molecule has 2 fully saturated rings. The molecule has 0 aliphatic heterocycles. The van der Waals surface area contributed by atoms with Gasteiger partial charge < -0.3 is 16.0 Å². The molecule has 2 aliphatic rings. The lowest BCUT2D eigenvalue weighted by Gasteiger charge is -2.27. The molecule has 0 saturated heterocycles. The van der Waals surface area contributed by atoms with Crippen molar-refractivity contribution in [1.82, 2.24) is 10.2 Å². The van der Waals surface area contributed by atoms with Gasteiger partial charge in [0.15, 0.2) is 0 Å². The van der Waals surface area contributed by atoms with Crippen molar-refractivity contribution < 1.29 is 4.79 Å². The molecule has 0 heterocycles. The predicted octanol–water partition coefficient (Wildman–Crippen LogP) is 0.0376. The van der Waals surface area contributed by atoms with Crippen LogP contribution in [0.1, 0.15) is 19.3 Å². The van der Waals surface area contributed by atoms with E-state index in [1.54, 1.807) is 0 Å². The first-order valence-corrected chi connectivity index (χ1v) is 6.27. The molecule has 3 N–H and O–H groups in total. The Morgan fingerprint density at radius 2 is 2.06 bits per heavy atom. The minimum absolute atomic E-state index is 0.0842. The maximum Gasteiger partial charge on any atom is 0.225 e. The Labute approximate surface area is 97.6 Å². The summed E-state index contributed by atoms with van der Waals surface area (Å²) in [5.41, 5.74) is 6.13. The highest BCUT2D eigenvalue weighted by Gasteiger charge is 2.48. The van der Waals surface area contributed by atoms with Crippen LogP contribution in [0.3, 0.4) is 0 Å². The summed E-state index contributed by atoms with van der Waals surface area (Å²) in [7, 11) is 4.02. The van der Waals surface area contributed by atoms with E-state index < -0.39 is 0 Å². The van der Waals surface area contributed by atoms with Crippen LogP contribution in [0.2, 0.25) is 0 Å². The average molecular weight is 225 g/mol. The van der Waals surface area contributed by atoms with E-state index in [0.29, 0.717) is 11.8 Å². The van der Waals surface area contributed by atoms with Gasteiger partial charge in [-0.05, 0) is 45.2 Å². The largest absolute Gasteiger partial charge is 0.355 e. The van der Waals surface area contributed by atoms with Gasteiger partial charge in [0.25, 0.3) is 0 Å². The molecule has 16 heavy (non-hydrogen) atoms. The fourth-order valence-electron chi connectivity index (χ4n) is 3.25. The third-order valence-corrected chi connectivity index (χ3v) is 4.14. The number of carbonyl (C=O) groups excluding carboxylic acids is 1. The molecule has 2 aliphatic carbocycles. The summed E-state index contributed by atoms with van der Waals surface area (Å²) in [5, 5.41) is 3.01. The first-order chi connectivity index (χ1) is 7.59. The van der Waals surface area contributed by atoms with E-state index in [9.17, 15) is 4.79 Å². The van der Waals surface area contributed by atoms with E-state index in [1.165, 1.54) is 19.3 Å². The van der Waals surface area contributed by atoms with Crippen LogP contribution in [0.15, 0.2) is 0 Å². The van der Waals surface area contributed by atoms with Gasteiger partial charge in [-0.3, -0.25) is 4.79 Å². The highest BCUT2D eigenvalue weighted by Crippen LogP contribution is 2.47. The Morgan fingerprint density at radius 1 is 1.38 bits per heavy atom. The maximum absolute atomic E-state index is 12.0. The lowest BCUT2D eigenvalue weighted by atomic mass is 9.84. The molecule has 4 nitrogen and oxygen atoms in total. The molecule has 0 spiro atoms. The zero-order chi connectivity index (χ0) is 11.7. The second-order valence-corrected chi connectivity index (χ2v) is 5.53. The maximum atomic E-state index is 12.0. The second kappa shape index (κ2) is 4.72. The molecule has 0 aromatic heterocycles. The Hall–Kier alpha value is -0.610. The Bertz CT molecular complexity index is 265. The van der Waals surface area contributed by atoms with Crippen LogP contribution in [-0.4, -0.2) is 44.0 Å². The first kappa shape index (κ1) is 11.9. The fraction of sp³-hybridized carbons (Fsp3) is 0.917. The number of hydrogen-bond donors (Lipinski definition) is 2. The van der Waals surface area contributed by atoms with Crippen LogP contribution in [0.5, 0.6) is 0 Å². The van der Waals surface area contributed by atoms with Gasteiger partial charge in [-0.15, -0.1) is 0 Å². The lowest BCUT2D eigenvalue weighted by molar-refractivity contribution is -0.127. The molecule has 4 unspecified atom stereocenters. The van der Waals surface area contributed by atoms with Crippen molar-refractivity contribution in [3.05, 3.63) is 0 Å². The third-order valence-electron chi connectivity index (χ3n) is 4.14. The fourth-order valence-corrected chi connectivity index (χ4v) is 3.25. The number of likely N-dealkylation sites (N-methyl/N-ethyl adjacent to an activating group) is 1. The standard InChI is InChI=1S/C12H23N3O/c1-15(2)6-5-14-12(16)10-8-3-4-9(7-8)11(10)13/h8-11H,3-7,13H2,1-2H3,(H,14,16). The van der Waals surface area contributed by atoms with Crippen molar-refractivity contribution in [3.8, 4) is 0 Å². The number of fused-ring (bicyclic) bond motifs is 2. The van der Waals surface area contributed by atoms with Crippen LogP contribution < -0.4 is 11.1 Å². The summed E-state index contributed by atoms with van der Waals surface area (Å²) in [6.45, 7) is 1.62. The van der Waals surface area contributed by atoms with E-state index in [2.05, 4.69) is 10.2 Å². The Kier molecular flexibility index (Phi) is 3.50. The highest BCUT2D eigenvalue weighted by molar-refractivity contribution is 5.80. The molecular formula is C12H23N3O. The van der Waals surface area contributed by atoms with Crippen molar-refractivity contribution in [2.75, 3.05) is 27.2 Å². The van der Waals surface area contributed by atoms with Crippen molar-refractivity contribution in [2.45, 2.75) is 25.3 Å². The van der Waals surface area contributed by atoms with Crippen molar-refractivity contribution in [2.24, 2.45) is 23.5 Å². The molecular weight excluding hydrogens is 202 g/mol. The van der Waals surface area contributed by atoms with Crippen LogP contribution in [0.25, 0.3) is 0 Å². The van der Waals surface area contributed by atoms with Crippen molar-refractivity contribution in [1.29, 1.82) is 0 Å². The second-order valence-electron chi connectivity index (χ2n) is 5.53. The molecule has 2 saturated carbocycles. The van der Waals surface area contributed by atoms with E-state index in [0.717, 1.165) is 13.1 Å². The summed E-state index contributed by atoms with van der Waals surface area (Å²) in [6.07, 6.45) is 3.60. The number of nitrogens with zero attached hydrogens (tertiary/aromatic N) is 1. The summed E-state index contributed by atoms with van der Waals surface area (Å²) in [6, 6.07) is 0.109. The van der Waals surface area contributed by atoms with Crippen LogP contribution in [0.4, 0.5) is 0 Å². The first-order valence-electron chi connectivity index (χ1n) is 6.27. The highest BCUT2D eigenvalue weighted by atomic mass is 16.1. The van der Waals surface area contributed by atoms with Gasteiger partial charge in [-0.25, -0.2) is 0 Å². The molecule has 1 amide bonds. The molecule has 0 radical (unpaired) electrons. The summed E-state index contributed by atoms with van der Waals surface area (Å²) < 4.78 is 0. The Balaban J connectivity index is 1.81. The van der Waals surface area contributed by atoms with Crippen molar-refractivity contribution in [3.63, 3.8) is 0 Å². The topological polar surface area (TPSA) is 58.4 Å². The van der Waals surface area contributed by atoms with Gasteiger partial charge in [-0.2, -0.15) is 0 Å². The minimum atomic E-state index is 0.0842. The minimum Gasteiger partial charge on any atom is -0.355 e. The Morgan fingerprint density at radius 3 is 2.62 bits per heavy atom. The predicted molar refractivity (Wildman–Crippen MR) is 63.9 cm³/mol. The number of nitrogens with one attached hydrogen (secondary N) is 1. The van der Waals surface area contributed by atoms with Gasteiger partial charge >= 0.3 is 0 Å². The van der Waals surface area contributed by atoms with Crippen LogP contribution in [-0.2, 0) is 4.79 Å². The van der Waals surface area contributed by atoms with Gasteiger partial charge in [0.2, 0.25) is 5.91 Å². The normalized spacial score (nSPS) is 37.0. The van der Waals surface area contributed by atoms with E-state index in [-0.39, 0.29) is 17.9 Å². The molecule has 0 aromatic carbocycles. The molecule has 92 valence electrons. The summed E-state index contributed by atoms with van der Waals surface area (Å²) >= 11 is 0. The van der Waals surface area contributed by atoms with Gasteiger partial charge in [0.05, 0.1) is 5.92 Å². The van der Waals surface area contributed by atoms with E-state index in [4.69, 9.17) is 5.73 Å². The lowest BCUT2D eigenvalue weighted by Crippen LogP contribution is -2.46. The summed E-state index contributed by atoms with van der Waals surface area (Å²) in [5.74, 6) is 1.43. The SMILES string of the molecule is CN(C)CCNC(=O)C1C2CCC(C2)C1N. The number of amides is 1. The molecule has 4 heteroatoms. The van der Waals surface area contributed by atoms with Crippen LogP contribution >= 0.6 is 0 Å². The quantitative estimate of drug-likeness (QED) is 0.710. The average Bonchev–Trinajstić information content (AvgIpc) is 2.76. The van der Waals surface area contributed by atoms with Gasteiger partial charge in [0.1, 0.15) is 0 Å². The zero-order valence-electron chi connectivity index (χ0n) is 10.3.